The molecule has 1 heterocycles. The fourth-order valence-corrected chi connectivity index (χ4v) is 2.32. The van der Waals surface area contributed by atoms with Crippen molar-refractivity contribution in [3.05, 3.63) is 28.8 Å². The summed E-state index contributed by atoms with van der Waals surface area (Å²) < 4.78 is 10.1. The number of aromatic nitrogens is 1. The molecule has 0 bridgehead atoms. The maximum absolute atomic E-state index is 12.1. The van der Waals surface area contributed by atoms with E-state index in [2.05, 4.69) is 10.3 Å². The lowest BCUT2D eigenvalue weighted by Gasteiger charge is -2.11. The fourth-order valence-electron chi connectivity index (χ4n) is 1.64. The first-order valence-electron chi connectivity index (χ1n) is 5.91. The molecule has 0 aliphatic rings. The third-order valence-corrected chi connectivity index (χ3v) is 3.45. The van der Waals surface area contributed by atoms with Crippen molar-refractivity contribution in [1.82, 2.24) is 4.98 Å². The molecule has 3 N–H and O–H groups in total. The van der Waals surface area contributed by atoms with E-state index in [4.69, 9.17) is 14.6 Å². The van der Waals surface area contributed by atoms with Gasteiger partial charge in [0, 0.05) is 17.5 Å². The highest BCUT2D eigenvalue weighted by Gasteiger charge is 2.18. The predicted octanol–water partition coefficient (Wildman–Crippen LogP) is 1.82. The van der Waals surface area contributed by atoms with Crippen LogP contribution in [0.1, 0.15) is 20.8 Å². The summed E-state index contributed by atoms with van der Waals surface area (Å²) in [4.78, 5) is 26.6. The van der Waals surface area contributed by atoms with Crippen molar-refractivity contribution in [2.75, 3.05) is 19.5 Å². The first-order valence-corrected chi connectivity index (χ1v) is 6.79. The zero-order chi connectivity index (χ0) is 16.3. The highest BCUT2D eigenvalue weighted by molar-refractivity contribution is 7.14. The van der Waals surface area contributed by atoms with Crippen molar-refractivity contribution < 1.29 is 29.3 Å². The smallest absolute Gasteiger partial charge is 0.355 e. The van der Waals surface area contributed by atoms with E-state index < -0.39 is 11.9 Å². The summed E-state index contributed by atoms with van der Waals surface area (Å²) >= 11 is 0.963. The molecule has 0 aliphatic carbocycles. The molecule has 0 aliphatic heterocycles. The minimum absolute atomic E-state index is 0.0512. The number of aromatic hydroxyl groups is 1. The molecule has 8 nitrogen and oxygen atoms in total. The van der Waals surface area contributed by atoms with Gasteiger partial charge in [-0.1, -0.05) is 0 Å². The third kappa shape index (κ3) is 3.09. The summed E-state index contributed by atoms with van der Waals surface area (Å²) in [5.41, 5.74) is -0.221. The van der Waals surface area contributed by atoms with Crippen molar-refractivity contribution >= 4 is 28.3 Å². The molecule has 22 heavy (non-hydrogen) atoms. The number of aromatic carboxylic acids is 1. The second kappa shape index (κ2) is 6.31. The summed E-state index contributed by atoms with van der Waals surface area (Å²) in [7, 11) is 2.80. The number of hydrogen-bond donors (Lipinski definition) is 3. The number of carbonyl (C=O) groups is 2. The van der Waals surface area contributed by atoms with Crippen LogP contribution in [0.3, 0.4) is 0 Å². The maximum Gasteiger partial charge on any atom is 0.355 e. The summed E-state index contributed by atoms with van der Waals surface area (Å²) in [6.07, 6.45) is 0. The van der Waals surface area contributed by atoms with Crippen molar-refractivity contribution in [3.8, 4) is 17.2 Å². The molecule has 0 unspecified atom stereocenters. The number of carboxylic acid groups (broad SMARTS) is 1. The standard InChI is InChI=1S/C13H12N2O6S/c1-20-9-3-6(8(16)4-10(9)21-2)11(17)15-13-14-7(5-22-13)12(18)19/h3-5,16H,1-2H3,(H,18,19)(H,14,15,17). The molecule has 0 fully saturated rings. The van der Waals surface area contributed by atoms with Gasteiger partial charge in [0.2, 0.25) is 0 Å². The average molecular weight is 324 g/mol. The maximum atomic E-state index is 12.1. The van der Waals surface area contributed by atoms with Gasteiger partial charge in [0.05, 0.1) is 19.8 Å². The van der Waals surface area contributed by atoms with Gasteiger partial charge in [0.25, 0.3) is 5.91 Å². The zero-order valence-electron chi connectivity index (χ0n) is 11.6. The number of hydrogen-bond acceptors (Lipinski definition) is 7. The highest BCUT2D eigenvalue weighted by Crippen LogP contribution is 2.34. The number of phenolic OH excluding ortho intramolecular Hbond substituents is 1. The second-order valence-electron chi connectivity index (χ2n) is 4.02. The van der Waals surface area contributed by atoms with Crippen LogP contribution < -0.4 is 14.8 Å². The van der Waals surface area contributed by atoms with Crippen LogP contribution in [0.15, 0.2) is 17.5 Å². The lowest BCUT2D eigenvalue weighted by Crippen LogP contribution is -2.12. The largest absolute Gasteiger partial charge is 0.507 e. The minimum atomic E-state index is -1.19. The first-order chi connectivity index (χ1) is 10.5. The van der Waals surface area contributed by atoms with Crippen LogP contribution in [0.25, 0.3) is 0 Å². The van der Waals surface area contributed by atoms with Crippen molar-refractivity contribution in [1.29, 1.82) is 0 Å². The van der Waals surface area contributed by atoms with Crippen LogP contribution in [0.2, 0.25) is 0 Å². The van der Waals surface area contributed by atoms with Gasteiger partial charge in [0.1, 0.15) is 5.75 Å². The van der Waals surface area contributed by atoms with Gasteiger partial charge in [-0.15, -0.1) is 11.3 Å². The molecular weight excluding hydrogens is 312 g/mol. The number of benzene rings is 1. The molecule has 0 radical (unpaired) electrons. The van der Waals surface area contributed by atoms with Crippen LogP contribution in [0.4, 0.5) is 5.13 Å². The van der Waals surface area contributed by atoms with Gasteiger partial charge in [-0.05, 0) is 0 Å². The lowest BCUT2D eigenvalue weighted by atomic mass is 10.1. The van der Waals surface area contributed by atoms with Crippen molar-refractivity contribution in [2.45, 2.75) is 0 Å². The lowest BCUT2D eigenvalue weighted by molar-refractivity contribution is 0.0691. The van der Waals surface area contributed by atoms with E-state index >= 15 is 0 Å². The summed E-state index contributed by atoms with van der Waals surface area (Å²) in [6, 6.07) is 2.56. The van der Waals surface area contributed by atoms with E-state index in [0.29, 0.717) is 0 Å². The monoisotopic (exact) mass is 324 g/mol. The Morgan fingerprint density at radius 2 is 1.86 bits per heavy atom. The Balaban J connectivity index is 2.26. The highest BCUT2D eigenvalue weighted by atomic mass is 32.1. The van der Waals surface area contributed by atoms with Gasteiger partial charge >= 0.3 is 5.97 Å². The van der Waals surface area contributed by atoms with Crippen molar-refractivity contribution in [2.24, 2.45) is 0 Å². The molecule has 1 aromatic carbocycles. The molecule has 0 saturated heterocycles. The number of carbonyl (C=O) groups excluding carboxylic acids is 1. The van der Waals surface area contributed by atoms with Crippen LogP contribution in [0.5, 0.6) is 17.2 Å². The Morgan fingerprint density at radius 3 is 2.41 bits per heavy atom. The normalized spacial score (nSPS) is 10.1. The number of nitrogens with one attached hydrogen (secondary N) is 1. The van der Waals surface area contributed by atoms with E-state index in [0.717, 1.165) is 11.3 Å². The third-order valence-electron chi connectivity index (χ3n) is 2.69. The molecule has 2 aromatic rings. The molecule has 0 atom stereocenters. The van der Waals surface area contributed by atoms with Crippen molar-refractivity contribution in [3.63, 3.8) is 0 Å². The van der Waals surface area contributed by atoms with Gasteiger partial charge in [-0.2, -0.15) is 0 Å². The molecular formula is C13H12N2O6S. The van der Waals surface area contributed by atoms with E-state index in [1.807, 2.05) is 0 Å². The van der Waals surface area contributed by atoms with Crippen LogP contribution in [-0.4, -0.2) is 41.3 Å². The number of anilines is 1. The van der Waals surface area contributed by atoms with Crippen LogP contribution in [0, 0.1) is 0 Å². The topological polar surface area (TPSA) is 118 Å². The number of ether oxygens (including phenoxy) is 2. The van der Waals surface area contributed by atoms with Gasteiger partial charge in [-0.3, -0.25) is 10.1 Å². The van der Waals surface area contributed by atoms with E-state index in [-0.39, 0.29) is 33.6 Å². The molecule has 1 amide bonds. The minimum Gasteiger partial charge on any atom is -0.507 e. The molecule has 1 aromatic heterocycles. The second-order valence-corrected chi connectivity index (χ2v) is 4.88. The fraction of sp³-hybridized carbons (Fsp3) is 0.154. The number of nitrogens with zero attached hydrogens (tertiary/aromatic N) is 1. The number of carboxylic acids is 1. The van der Waals surface area contributed by atoms with Gasteiger partial charge < -0.3 is 19.7 Å². The first kappa shape index (κ1) is 15.6. The SMILES string of the molecule is COc1cc(O)c(C(=O)Nc2nc(C(=O)O)cs2)cc1OC. The molecule has 2 rings (SSSR count). The molecule has 116 valence electrons. The number of methoxy groups -OCH3 is 2. The Labute approximate surface area is 128 Å². The Bertz CT molecular complexity index is 727. The Hall–Kier alpha value is -2.81. The number of phenols is 1. The Kier molecular flexibility index (Phi) is 4.47. The Morgan fingerprint density at radius 1 is 1.23 bits per heavy atom. The summed E-state index contributed by atoms with van der Waals surface area (Å²) in [6.45, 7) is 0. The van der Waals surface area contributed by atoms with Crippen LogP contribution in [-0.2, 0) is 0 Å². The van der Waals surface area contributed by atoms with E-state index in [1.165, 1.54) is 31.7 Å². The average Bonchev–Trinajstić information content (AvgIpc) is 2.95. The summed E-state index contributed by atoms with van der Waals surface area (Å²) in [5.74, 6) is -1.59. The predicted molar refractivity (Wildman–Crippen MR) is 78.2 cm³/mol. The quantitative estimate of drug-likeness (QED) is 0.767. The zero-order valence-corrected chi connectivity index (χ0v) is 12.4. The summed E-state index contributed by atoms with van der Waals surface area (Å²) in [5, 5.41) is 22.5. The molecule has 0 spiro atoms. The van der Waals surface area contributed by atoms with Crippen LogP contribution >= 0.6 is 11.3 Å². The van der Waals surface area contributed by atoms with E-state index in [9.17, 15) is 14.7 Å². The molecule has 0 saturated carbocycles. The number of amides is 1. The van der Waals surface area contributed by atoms with Gasteiger partial charge in [0.15, 0.2) is 22.3 Å². The van der Waals surface area contributed by atoms with E-state index in [1.54, 1.807) is 0 Å². The number of thiazole rings is 1. The number of rotatable bonds is 5. The van der Waals surface area contributed by atoms with Gasteiger partial charge in [-0.25, -0.2) is 9.78 Å². The molecule has 9 heteroatoms.